The van der Waals surface area contributed by atoms with Crippen molar-refractivity contribution in [3.63, 3.8) is 0 Å². The van der Waals surface area contributed by atoms with Gasteiger partial charge in [0, 0.05) is 50.7 Å². The fourth-order valence-electron chi connectivity index (χ4n) is 2.91. The molecule has 24 heavy (non-hydrogen) atoms. The lowest BCUT2D eigenvalue weighted by Gasteiger charge is -2.23. The molecule has 3 nitrogen and oxygen atoms in total. The fraction of sp³-hybridized carbons (Fsp3) is 0.333. The van der Waals surface area contributed by atoms with Crippen molar-refractivity contribution in [3.8, 4) is 0 Å². The van der Waals surface area contributed by atoms with Crippen molar-refractivity contribution in [3.05, 3.63) is 65.7 Å². The number of nitrogens with two attached hydrogens (primary N) is 1. The lowest BCUT2D eigenvalue weighted by atomic mass is 9.93. The second kappa shape index (κ2) is 8.55. The van der Waals surface area contributed by atoms with Crippen molar-refractivity contribution in [2.45, 2.75) is 12.8 Å². The molecule has 2 N–H and O–H groups in total. The number of anilines is 2. The largest absolute Gasteiger partial charge is 0.377 e. The molecule has 0 aromatic heterocycles. The molecule has 0 saturated carbocycles. The van der Waals surface area contributed by atoms with Crippen molar-refractivity contribution in [1.29, 1.82) is 0 Å². The minimum atomic E-state index is 0.717. The van der Waals surface area contributed by atoms with E-state index in [-0.39, 0.29) is 0 Å². The molecule has 0 aliphatic heterocycles. The number of allylic oxidation sites excluding steroid dienone is 1. The second-order valence-electron chi connectivity index (χ2n) is 6.37. The number of para-hydroxylation sites is 2. The van der Waals surface area contributed by atoms with Gasteiger partial charge in [-0.2, -0.15) is 0 Å². The third-order valence-corrected chi connectivity index (χ3v) is 4.11. The number of hydrogen-bond acceptors (Lipinski definition) is 3. The summed E-state index contributed by atoms with van der Waals surface area (Å²) < 4.78 is 0. The summed E-state index contributed by atoms with van der Waals surface area (Å²) in [6, 6.07) is 17.2. The fourth-order valence-corrected chi connectivity index (χ4v) is 2.91. The second-order valence-corrected chi connectivity index (χ2v) is 6.37. The van der Waals surface area contributed by atoms with Crippen LogP contribution in [0.25, 0.3) is 5.57 Å². The van der Waals surface area contributed by atoms with Crippen LogP contribution in [0.5, 0.6) is 0 Å². The van der Waals surface area contributed by atoms with E-state index in [0.29, 0.717) is 6.54 Å². The molecular formula is C21H29N3. The van der Waals surface area contributed by atoms with Gasteiger partial charge >= 0.3 is 0 Å². The highest BCUT2D eigenvalue weighted by atomic mass is 15.1. The highest BCUT2D eigenvalue weighted by Gasteiger charge is 2.14. The number of rotatable bonds is 7. The van der Waals surface area contributed by atoms with Crippen LogP contribution in [0.4, 0.5) is 11.4 Å². The van der Waals surface area contributed by atoms with Gasteiger partial charge in [-0.3, -0.25) is 0 Å². The van der Waals surface area contributed by atoms with Gasteiger partial charge < -0.3 is 15.5 Å². The molecule has 3 heteroatoms. The highest BCUT2D eigenvalue weighted by molar-refractivity contribution is 5.91. The molecule has 0 amide bonds. The predicted molar refractivity (Wildman–Crippen MR) is 107 cm³/mol. The van der Waals surface area contributed by atoms with Crippen LogP contribution in [0.15, 0.2) is 54.6 Å². The van der Waals surface area contributed by atoms with Gasteiger partial charge in [-0.15, -0.1) is 0 Å². The van der Waals surface area contributed by atoms with Crippen LogP contribution in [0, 0.1) is 0 Å². The quantitative estimate of drug-likeness (QED) is 0.782. The molecule has 0 atom stereocenters. The molecule has 0 heterocycles. The molecule has 0 unspecified atom stereocenters. The molecule has 0 bridgehead atoms. The van der Waals surface area contributed by atoms with Gasteiger partial charge in [0.1, 0.15) is 0 Å². The normalized spacial score (nSPS) is 10.4. The Labute approximate surface area is 146 Å². The molecule has 2 aromatic carbocycles. The Morgan fingerprint density at radius 1 is 0.833 bits per heavy atom. The van der Waals surface area contributed by atoms with E-state index in [1.807, 2.05) is 0 Å². The Morgan fingerprint density at radius 3 is 1.71 bits per heavy atom. The first-order chi connectivity index (χ1) is 11.6. The average molecular weight is 323 g/mol. The smallest absolute Gasteiger partial charge is 0.0440 e. The van der Waals surface area contributed by atoms with Crippen LogP contribution in [0.2, 0.25) is 0 Å². The number of nitrogens with zero attached hydrogens (tertiary/aromatic N) is 2. The van der Waals surface area contributed by atoms with Crippen molar-refractivity contribution < 1.29 is 0 Å². The summed E-state index contributed by atoms with van der Waals surface area (Å²) in [7, 11) is 8.37. The maximum Gasteiger partial charge on any atom is 0.0440 e. The van der Waals surface area contributed by atoms with Gasteiger partial charge in [-0.1, -0.05) is 42.5 Å². The van der Waals surface area contributed by atoms with Crippen molar-refractivity contribution >= 4 is 16.9 Å². The van der Waals surface area contributed by atoms with Crippen molar-refractivity contribution in [2.75, 3.05) is 44.5 Å². The van der Waals surface area contributed by atoms with Crippen molar-refractivity contribution in [2.24, 2.45) is 5.73 Å². The summed E-state index contributed by atoms with van der Waals surface area (Å²) in [5.41, 5.74) is 11.9. The molecule has 0 aliphatic carbocycles. The zero-order valence-corrected chi connectivity index (χ0v) is 15.3. The lowest BCUT2D eigenvalue weighted by Crippen LogP contribution is -2.13. The monoisotopic (exact) mass is 323 g/mol. The molecule has 2 rings (SSSR count). The van der Waals surface area contributed by atoms with Crippen LogP contribution in [0.1, 0.15) is 24.0 Å². The Bertz CT molecular complexity index is 633. The molecule has 0 radical (unpaired) electrons. The van der Waals surface area contributed by atoms with Gasteiger partial charge in [-0.05, 0) is 37.1 Å². The first-order valence-electron chi connectivity index (χ1n) is 8.50. The zero-order chi connectivity index (χ0) is 17.5. The minimum Gasteiger partial charge on any atom is -0.377 e. The molecule has 2 aromatic rings. The Hall–Kier alpha value is -2.26. The summed E-state index contributed by atoms with van der Waals surface area (Å²) in [6.07, 6.45) is 4.31. The van der Waals surface area contributed by atoms with Crippen LogP contribution in [-0.4, -0.2) is 34.7 Å². The lowest BCUT2D eigenvalue weighted by molar-refractivity contribution is 0.856. The van der Waals surface area contributed by atoms with Gasteiger partial charge in [0.25, 0.3) is 0 Å². The van der Waals surface area contributed by atoms with Crippen LogP contribution in [-0.2, 0) is 0 Å². The van der Waals surface area contributed by atoms with E-state index in [2.05, 4.69) is 92.6 Å². The maximum atomic E-state index is 5.70. The summed E-state index contributed by atoms with van der Waals surface area (Å²) in [5.74, 6) is 0. The zero-order valence-electron chi connectivity index (χ0n) is 15.3. The Kier molecular flexibility index (Phi) is 6.44. The van der Waals surface area contributed by atoms with Gasteiger partial charge in [0.2, 0.25) is 0 Å². The van der Waals surface area contributed by atoms with E-state index in [4.69, 9.17) is 5.73 Å². The summed E-state index contributed by atoms with van der Waals surface area (Å²) in [6.45, 7) is 0.717. The van der Waals surface area contributed by atoms with E-state index in [0.717, 1.165) is 12.8 Å². The highest BCUT2D eigenvalue weighted by Crippen LogP contribution is 2.35. The number of unbranched alkanes of at least 4 members (excludes halogenated alkanes) is 1. The van der Waals surface area contributed by atoms with Gasteiger partial charge in [0.15, 0.2) is 0 Å². The summed E-state index contributed by atoms with van der Waals surface area (Å²) >= 11 is 0. The van der Waals surface area contributed by atoms with E-state index >= 15 is 0 Å². The van der Waals surface area contributed by atoms with E-state index in [1.165, 1.54) is 28.1 Å². The third kappa shape index (κ3) is 4.18. The molecule has 128 valence electrons. The first kappa shape index (κ1) is 18.1. The average Bonchev–Trinajstić information content (AvgIpc) is 2.59. The van der Waals surface area contributed by atoms with Crippen molar-refractivity contribution in [1.82, 2.24) is 0 Å². The number of hydrogen-bond donors (Lipinski definition) is 1. The van der Waals surface area contributed by atoms with Gasteiger partial charge in [0.05, 0.1) is 0 Å². The summed E-state index contributed by atoms with van der Waals surface area (Å²) in [5, 5.41) is 0. The topological polar surface area (TPSA) is 32.5 Å². The van der Waals surface area contributed by atoms with Crippen LogP contribution in [0.3, 0.4) is 0 Å². The van der Waals surface area contributed by atoms with E-state index < -0.39 is 0 Å². The van der Waals surface area contributed by atoms with Crippen LogP contribution >= 0.6 is 0 Å². The molecular weight excluding hydrogens is 294 g/mol. The van der Waals surface area contributed by atoms with E-state index in [9.17, 15) is 0 Å². The van der Waals surface area contributed by atoms with Gasteiger partial charge in [-0.25, -0.2) is 0 Å². The Balaban J connectivity index is 2.62. The minimum absolute atomic E-state index is 0.717. The van der Waals surface area contributed by atoms with E-state index in [1.54, 1.807) is 0 Å². The standard InChI is InChI=1S/C21H29N3/c1-23(2)20-14-7-5-12-18(20)17(11-9-10-16-22)19-13-6-8-15-21(19)24(3)4/h5-8,11-15H,9-10,16,22H2,1-4H3. The SMILES string of the molecule is CN(C)c1ccccc1C(=CCCCN)c1ccccc1N(C)C. The Morgan fingerprint density at radius 2 is 1.29 bits per heavy atom. The summed E-state index contributed by atoms with van der Waals surface area (Å²) in [4.78, 5) is 4.34. The molecule has 0 spiro atoms. The first-order valence-corrected chi connectivity index (χ1v) is 8.50. The number of benzene rings is 2. The molecule has 0 aliphatic rings. The predicted octanol–water partition coefficient (Wildman–Crippen LogP) is 3.99. The maximum absolute atomic E-state index is 5.70. The third-order valence-electron chi connectivity index (χ3n) is 4.11. The molecule has 0 fully saturated rings. The molecule has 0 saturated heterocycles. The van der Waals surface area contributed by atoms with Crippen LogP contribution < -0.4 is 15.5 Å².